The number of nitrogens with zero attached hydrogens (tertiary/aromatic N) is 2. The maximum Gasteiger partial charge on any atom is 0.258 e. The number of anilines is 2. The number of aromatic nitrogens is 1. The van der Waals surface area contributed by atoms with Crippen molar-refractivity contribution in [3.63, 3.8) is 0 Å². The number of carbonyl (C=O) groups is 2. The number of rotatable bonds is 3. The van der Waals surface area contributed by atoms with E-state index in [0.717, 1.165) is 12.8 Å². The lowest BCUT2D eigenvalue weighted by molar-refractivity contribution is -0.122. The average Bonchev–Trinajstić information content (AvgIpc) is 3.54. The van der Waals surface area contributed by atoms with Gasteiger partial charge in [0.05, 0.1) is 31.0 Å². The van der Waals surface area contributed by atoms with E-state index in [2.05, 4.69) is 15.6 Å². The second kappa shape index (κ2) is 8.91. The molecule has 1 aliphatic heterocycles. The molecule has 1 aromatic heterocycles. The number of carbonyl (C=O) groups excluding carboxylic acids is 2. The molecule has 1 saturated carbocycles. The zero-order valence-corrected chi connectivity index (χ0v) is 16.1. The molecule has 2 heterocycles. The SMILES string of the molecule is O=C(CN1CCOCCOc2ccccc2Nc2ncccc2C1=O)NC1CC1. The summed E-state index contributed by atoms with van der Waals surface area (Å²) < 4.78 is 11.4. The van der Waals surface area contributed by atoms with Gasteiger partial charge in [0.15, 0.2) is 0 Å². The first kappa shape index (κ1) is 19.2. The third-order valence-electron chi connectivity index (χ3n) is 4.73. The van der Waals surface area contributed by atoms with Gasteiger partial charge < -0.3 is 25.0 Å². The van der Waals surface area contributed by atoms with Gasteiger partial charge in [-0.2, -0.15) is 0 Å². The Balaban J connectivity index is 1.61. The van der Waals surface area contributed by atoms with Crippen LogP contribution in [0.4, 0.5) is 11.5 Å². The van der Waals surface area contributed by atoms with E-state index in [1.54, 1.807) is 18.3 Å². The maximum atomic E-state index is 13.3. The molecule has 8 nitrogen and oxygen atoms in total. The fraction of sp³-hybridized carbons (Fsp3) is 0.381. The molecule has 4 rings (SSSR count). The quantitative estimate of drug-likeness (QED) is 0.824. The van der Waals surface area contributed by atoms with E-state index in [4.69, 9.17) is 9.47 Å². The van der Waals surface area contributed by atoms with Crippen LogP contribution in [0.15, 0.2) is 42.6 Å². The zero-order valence-electron chi connectivity index (χ0n) is 16.1. The minimum atomic E-state index is -0.271. The fourth-order valence-electron chi connectivity index (χ4n) is 3.09. The summed E-state index contributed by atoms with van der Waals surface area (Å²) in [6.45, 7) is 1.37. The highest BCUT2D eigenvalue weighted by molar-refractivity contribution is 6.01. The number of amides is 2. The summed E-state index contributed by atoms with van der Waals surface area (Å²) in [4.78, 5) is 31.4. The van der Waals surface area contributed by atoms with Crippen LogP contribution < -0.4 is 15.4 Å². The molecular formula is C21H24N4O4. The van der Waals surface area contributed by atoms with Gasteiger partial charge in [-0.3, -0.25) is 9.59 Å². The van der Waals surface area contributed by atoms with Crippen LogP contribution in [0.25, 0.3) is 0 Å². The molecule has 8 heteroatoms. The van der Waals surface area contributed by atoms with Crippen molar-refractivity contribution in [2.75, 3.05) is 38.2 Å². The van der Waals surface area contributed by atoms with Gasteiger partial charge in [0, 0.05) is 18.8 Å². The Hall–Kier alpha value is -3.13. The van der Waals surface area contributed by atoms with Gasteiger partial charge in [-0.25, -0.2) is 4.98 Å². The summed E-state index contributed by atoms with van der Waals surface area (Å²) in [7, 11) is 0. The van der Waals surface area contributed by atoms with E-state index in [1.807, 2.05) is 24.3 Å². The van der Waals surface area contributed by atoms with E-state index in [9.17, 15) is 9.59 Å². The first-order valence-corrected chi connectivity index (χ1v) is 9.81. The highest BCUT2D eigenvalue weighted by Gasteiger charge is 2.27. The van der Waals surface area contributed by atoms with Gasteiger partial charge in [-0.05, 0) is 37.1 Å². The Morgan fingerprint density at radius 3 is 2.90 bits per heavy atom. The third-order valence-corrected chi connectivity index (χ3v) is 4.73. The van der Waals surface area contributed by atoms with E-state index in [1.165, 1.54) is 4.90 Å². The van der Waals surface area contributed by atoms with E-state index in [0.29, 0.717) is 49.2 Å². The lowest BCUT2D eigenvalue weighted by atomic mass is 10.2. The number of hydrogen-bond donors (Lipinski definition) is 2. The van der Waals surface area contributed by atoms with Crippen molar-refractivity contribution in [2.24, 2.45) is 0 Å². The van der Waals surface area contributed by atoms with Crippen LogP contribution in [0.5, 0.6) is 5.75 Å². The second-order valence-electron chi connectivity index (χ2n) is 7.05. The Kier molecular flexibility index (Phi) is 5.90. The van der Waals surface area contributed by atoms with Crippen LogP contribution in [-0.2, 0) is 9.53 Å². The van der Waals surface area contributed by atoms with E-state index < -0.39 is 0 Å². The van der Waals surface area contributed by atoms with Crippen LogP contribution in [0, 0.1) is 0 Å². The summed E-state index contributed by atoms with van der Waals surface area (Å²) in [5, 5.41) is 6.13. The maximum absolute atomic E-state index is 13.3. The molecule has 2 aliphatic rings. The summed E-state index contributed by atoms with van der Waals surface area (Å²) in [5.41, 5.74) is 1.10. The lowest BCUT2D eigenvalue weighted by Gasteiger charge is -2.23. The van der Waals surface area contributed by atoms with Gasteiger partial charge in [0.25, 0.3) is 5.91 Å². The number of pyridine rings is 1. The van der Waals surface area contributed by atoms with E-state index in [-0.39, 0.29) is 24.4 Å². The molecule has 1 aromatic carbocycles. The molecule has 152 valence electrons. The highest BCUT2D eigenvalue weighted by Crippen LogP contribution is 2.28. The Morgan fingerprint density at radius 1 is 1.17 bits per heavy atom. The van der Waals surface area contributed by atoms with Crippen LogP contribution in [0.1, 0.15) is 23.2 Å². The minimum absolute atomic E-state index is 0.0138. The third kappa shape index (κ3) is 5.03. The van der Waals surface area contributed by atoms with Crippen LogP contribution in [-0.4, -0.2) is 60.7 Å². The first-order valence-electron chi connectivity index (χ1n) is 9.81. The van der Waals surface area contributed by atoms with Crippen LogP contribution in [0.2, 0.25) is 0 Å². The highest BCUT2D eigenvalue weighted by atomic mass is 16.5. The van der Waals surface area contributed by atoms with Gasteiger partial charge in [-0.1, -0.05) is 12.1 Å². The molecular weight excluding hydrogens is 372 g/mol. The van der Waals surface area contributed by atoms with E-state index >= 15 is 0 Å². The topological polar surface area (TPSA) is 92.8 Å². The summed E-state index contributed by atoms with van der Waals surface area (Å²) >= 11 is 0. The second-order valence-corrected chi connectivity index (χ2v) is 7.05. The summed E-state index contributed by atoms with van der Waals surface area (Å²) in [5.74, 6) is 0.645. The molecule has 0 bridgehead atoms. The molecule has 1 fully saturated rings. The Morgan fingerprint density at radius 2 is 2.03 bits per heavy atom. The van der Waals surface area contributed by atoms with Gasteiger partial charge in [-0.15, -0.1) is 0 Å². The van der Waals surface area contributed by atoms with Crippen LogP contribution >= 0.6 is 0 Å². The monoisotopic (exact) mass is 396 g/mol. The molecule has 2 aromatic rings. The van der Waals surface area contributed by atoms with Crippen molar-refractivity contribution in [1.82, 2.24) is 15.2 Å². The largest absolute Gasteiger partial charge is 0.489 e. The van der Waals surface area contributed by atoms with Crippen molar-refractivity contribution >= 4 is 23.3 Å². The standard InChI is InChI=1S/C21H24N4O4/c26-19(23-15-7-8-15)14-25-10-11-28-12-13-29-18-6-2-1-5-17(18)24-20-16(21(25)27)4-3-9-22-20/h1-6,9,15H,7-8,10-14H2,(H,22,24)(H,23,26). The molecule has 0 saturated heterocycles. The molecule has 2 amide bonds. The molecule has 0 radical (unpaired) electrons. The number of fused-ring (bicyclic) bond motifs is 2. The summed E-state index contributed by atoms with van der Waals surface area (Å²) in [6.07, 6.45) is 3.62. The number of ether oxygens (including phenoxy) is 2. The minimum Gasteiger partial charge on any atom is -0.489 e. The fourth-order valence-corrected chi connectivity index (χ4v) is 3.09. The van der Waals surface area contributed by atoms with Gasteiger partial charge in [0.2, 0.25) is 5.91 Å². The predicted molar refractivity (Wildman–Crippen MR) is 107 cm³/mol. The van der Waals surface area contributed by atoms with Gasteiger partial charge in [0.1, 0.15) is 18.2 Å². The van der Waals surface area contributed by atoms with Crippen molar-refractivity contribution < 1.29 is 19.1 Å². The van der Waals surface area contributed by atoms with Crippen LogP contribution in [0.3, 0.4) is 0 Å². The van der Waals surface area contributed by atoms with Crippen molar-refractivity contribution in [3.05, 3.63) is 48.2 Å². The number of hydrogen-bond acceptors (Lipinski definition) is 6. The molecule has 0 atom stereocenters. The predicted octanol–water partition coefficient (Wildman–Crippen LogP) is 1.95. The van der Waals surface area contributed by atoms with Gasteiger partial charge >= 0.3 is 0 Å². The Labute approximate surface area is 169 Å². The molecule has 0 unspecified atom stereocenters. The summed E-state index contributed by atoms with van der Waals surface area (Å²) in [6, 6.07) is 11.1. The zero-order chi connectivity index (χ0) is 20.1. The molecule has 29 heavy (non-hydrogen) atoms. The number of para-hydroxylation sites is 2. The number of nitrogens with one attached hydrogen (secondary N) is 2. The first-order chi connectivity index (χ1) is 14.2. The Bertz CT molecular complexity index is 884. The average molecular weight is 396 g/mol. The number of benzene rings is 1. The molecule has 1 aliphatic carbocycles. The normalized spacial score (nSPS) is 17.4. The molecule has 0 spiro atoms. The smallest absolute Gasteiger partial charge is 0.258 e. The lowest BCUT2D eigenvalue weighted by Crippen LogP contribution is -2.43. The van der Waals surface area contributed by atoms with Crippen molar-refractivity contribution in [1.29, 1.82) is 0 Å². The molecule has 2 N–H and O–H groups in total. The van der Waals surface area contributed by atoms with Crippen molar-refractivity contribution in [3.8, 4) is 5.75 Å². The van der Waals surface area contributed by atoms with Crippen molar-refractivity contribution in [2.45, 2.75) is 18.9 Å².